The van der Waals surface area contributed by atoms with Crippen molar-refractivity contribution in [1.82, 2.24) is 14.9 Å². The Morgan fingerprint density at radius 3 is 2.89 bits per heavy atom. The Kier molecular flexibility index (Phi) is 4.72. The van der Waals surface area contributed by atoms with Gasteiger partial charge in [-0.25, -0.2) is 0 Å². The number of nitrogens with one attached hydrogen (secondary N) is 1. The first-order chi connectivity index (χ1) is 8.58. The van der Waals surface area contributed by atoms with Crippen LogP contribution in [-0.2, 0) is 6.54 Å². The summed E-state index contributed by atoms with van der Waals surface area (Å²) in [6.07, 6.45) is 0. The normalized spacial score (nSPS) is 11.2. The highest BCUT2D eigenvalue weighted by molar-refractivity contribution is 9.10. The van der Waals surface area contributed by atoms with Gasteiger partial charge in [-0.3, -0.25) is 0 Å². The second-order valence-electron chi connectivity index (χ2n) is 4.20. The molecule has 1 aromatic carbocycles. The van der Waals surface area contributed by atoms with E-state index in [1.807, 2.05) is 18.2 Å². The summed E-state index contributed by atoms with van der Waals surface area (Å²) in [5.41, 5.74) is 1.79. The van der Waals surface area contributed by atoms with Crippen LogP contribution in [0.1, 0.15) is 18.7 Å². The number of hydrogen-bond donors (Lipinski definition) is 1. The molecule has 0 aliphatic carbocycles. The first kappa shape index (κ1) is 13.9. The molecule has 1 aromatic heterocycles. The minimum Gasteiger partial charge on any atom is -0.310 e. The lowest BCUT2D eigenvalue weighted by molar-refractivity contribution is 0.593. The lowest BCUT2D eigenvalue weighted by Gasteiger charge is -2.08. The van der Waals surface area contributed by atoms with Gasteiger partial charge in [0.2, 0.25) is 0 Å². The average molecular weight is 347 g/mol. The molecule has 0 radical (unpaired) electrons. The van der Waals surface area contributed by atoms with Crippen LogP contribution in [-0.4, -0.2) is 15.6 Å². The van der Waals surface area contributed by atoms with E-state index >= 15 is 0 Å². The molecule has 1 heterocycles. The molecule has 0 unspecified atom stereocenters. The summed E-state index contributed by atoms with van der Waals surface area (Å²) in [5, 5.41) is 8.23. The number of halogens is 2. The van der Waals surface area contributed by atoms with Crippen molar-refractivity contribution >= 4 is 39.1 Å². The summed E-state index contributed by atoms with van der Waals surface area (Å²) >= 11 is 11.0. The maximum atomic E-state index is 6.24. The van der Waals surface area contributed by atoms with Gasteiger partial charge in [0, 0.05) is 22.6 Å². The summed E-state index contributed by atoms with van der Waals surface area (Å²) in [5.74, 6) is 0. The standard InChI is InChI=1S/C12H13BrClN3S/c1-7(2)15-6-11-12(16-17-18-11)9-4-3-8(13)5-10(9)14/h3-5,7,15H,6H2,1-2H3. The number of hydrogen-bond acceptors (Lipinski definition) is 4. The Balaban J connectivity index is 2.30. The molecule has 0 aliphatic rings. The highest BCUT2D eigenvalue weighted by Gasteiger charge is 2.13. The lowest BCUT2D eigenvalue weighted by Crippen LogP contribution is -2.21. The highest BCUT2D eigenvalue weighted by atomic mass is 79.9. The summed E-state index contributed by atoms with van der Waals surface area (Å²) in [6.45, 7) is 4.98. The average Bonchev–Trinajstić information content (AvgIpc) is 2.74. The lowest BCUT2D eigenvalue weighted by atomic mass is 10.1. The van der Waals surface area contributed by atoms with E-state index in [0.29, 0.717) is 11.1 Å². The van der Waals surface area contributed by atoms with Crippen molar-refractivity contribution in [2.24, 2.45) is 0 Å². The Morgan fingerprint density at radius 1 is 1.44 bits per heavy atom. The van der Waals surface area contributed by atoms with Crippen molar-refractivity contribution in [1.29, 1.82) is 0 Å². The number of nitrogens with zero attached hydrogens (tertiary/aromatic N) is 2. The Hall–Kier alpha value is -0.490. The van der Waals surface area contributed by atoms with Crippen molar-refractivity contribution in [2.75, 3.05) is 0 Å². The van der Waals surface area contributed by atoms with E-state index < -0.39 is 0 Å². The fraction of sp³-hybridized carbons (Fsp3) is 0.333. The zero-order chi connectivity index (χ0) is 13.1. The minimum atomic E-state index is 0.431. The number of rotatable bonds is 4. The van der Waals surface area contributed by atoms with Gasteiger partial charge in [0.05, 0.1) is 9.90 Å². The third-order valence-electron chi connectivity index (χ3n) is 2.41. The van der Waals surface area contributed by atoms with Gasteiger partial charge in [0.25, 0.3) is 0 Å². The van der Waals surface area contributed by atoms with Crippen LogP contribution in [0.3, 0.4) is 0 Å². The Morgan fingerprint density at radius 2 is 2.22 bits per heavy atom. The zero-order valence-electron chi connectivity index (χ0n) is 10.1. The van der Waals surface area contributed by atoms with E-state index in [0.717, 1.165) is 27.2 Å². The van der Waals surface area contributed by atoms with Gasteiger partial charge in [-0.2, -0.15) is 0 Å². The van der Waals surface area contributed by atoms with E-state index in [9.17, 15) is 0 Å². The number of aromatic nitrogens is 2. The van der Waals surface area contributed by atoms with Gasteiger partial charge < -0.3 is 5.32 Å². The van der Waals surface area contributed by atoms with Gasteiger partial charge in [-0.15, -0.1) is 5.10 Å². The van der Waals surface area contributed by atoms with Crippen molar-refractivity contribution in [3.63, 3.8) is 0 Å². The molecule has 6 heteroatoms. The fourth-order valence-electron chi connectivity index (χ4n) is 1.51. The first-order valence-electron chi connectivity index (χ1n) is 5.58. The number of benzene rings is 1. The summed E-state index contributed by atoms with van der Waals surface area (Å²) in [7, 11) is 0. The summed E-state index contributed by atoms with van der Waals surface area (Å²) in [4.78, 5) is 1.10. The molecule has 0 spiro atoms. The molecule has 0 amide bonds. The minimum absolute atomic E-state index is 0.431. The van der Waals surface area contributed by atoms with Crippen LogP contribution in [0.4, 0.5) is 0 Å². The molecule has 0 bridgehead atoms. The molecule has 0 saturated carbocycles. The molecule has 0 saturated heterocycles. The fourth-order valence-corrected chi connectivity index (χ4v) is 2.88. The molecular formula is C12H13BrClN3S. The molecule has 2 aromatic rings. The van der Waals surface area contributed by atoms with E-state index in [-0.39, 0.29) is 0 Å². The first-order valence-corrected chi connectivity index (χ1v) is 7.52. The van der Waals surface area contributed by atoms with E-state index in [2.05, 4.69) is 44.7 Å². The van der Waals surface area contributed by atoms with E-state index in [1.165, 1.54) is 11.5 Å². The molecule has 3 nitrogen and oxygen atoms in total. The summed E-state index contributed by atoms with van der Waals surface area (Å²) in [6, 6.07) is 6.22. The van der Waals surface area contributed by atoms with Crippen molar-refractivity contribution in [2.45, 2.75) is 26.4 Å². The van der Waals surface area contributed by atoms with Crippen LogP contribution in [0.15, 0.2) is 22.7 Å². The van der Waals surface area contributed by atoms with Gasteiger partial charge in [0.1, 0.15) is 5.69 Å². The third kappa shape index (κ3) is 3.29. The van der Waals surface area contributed by atoms with Crippen LogP contribution in [0, 0.1) is 0 Å². The topological polar surface area (TPSA) is 37.8 Å². The molecule has 0 atom stereocenters. The van der Waals surface area contributed by atoms with Gasteiger partial charge in [0.15, 0.2) is 0 Å². The zero-order valence-corrected chi connectivity index (χ0v) is 13.2. The van der Waals surface area contributed by atoms with Crippen molar-refractivity contribution in [3.05, 3.63) is 32.6 Å². The second kappa shape index (κ2) is 6.10. The maximum absolute atomic E-state index is 6.24. The monoisotopic (exact) mass is 345 g/mol. The van der Waals surface area contributed by atoms with Crippen LogP contribution >= 0.6 is 39.1 Å². The van der Waals surface area contributed by atoms with Gasteiger partial charge in [-0.1, -0.05) is 51.9 Å². The van der Waals surface area contributed by atoms with Crippen LogP contribution < -0.4 is 5.32 Å². The van der Waals surface area contributed by atoms with Crippen LogP contribution in [0.25, 0.3) is 11.3 Å². The predicted octanol–water partition coefficient (Wildman–Crippen LogP) is 4.12. The van der Waals surface area contributed by atoms with Crippen LogP contribution in [0.2, 0.25) is 5.02 Å². The van der Waals surface area contributed by atoms with Gasteiger partial charge >= 0.3 is 0 Å². The smallest absolute Gasteiger partial charge is 0.111 e. The molecule has 96 valence electrons. The Labute approximate surface area is 124 Å². The summed E-state index contributed by atoms with van der Waals surface area (Å²) < 4.78 is 4.98. The quantitative estimate of drug-likeness (QED) is 0.905. The maximum Gasteiger partial charge on any atom is 0.111 e. The molecule has 0 fully saturated rings. The predicted molar refractivity (Wildman–Crippen MR) is 80.0 cm³/mol. The molecule has 1 N–H and O–H groups in total. The molecule has 0 aliphatic heterocycles. The van der Waals surface area contributed by atoms with Crippen molar-refractivity contribution in [3.8, 4) is 11.3 Å². The molecule has 2 rings (SSSR count). The van der Waals surface area contributed by atoms with Crippen molar-refractivity contribution < 1.29 is 0 Å². The third-order valence-corrected chi connectivity index (χ3v) is 3.94. The molecule has 18 heavy (non-hydrogen) atoms. The highest BCUT2D eigenvalue weighted by Crippen LogP contribution is 2.32. The Bertz CT molecular complexity index is 542. The second-order valence-corrected chi connectivity index (χ2v) is 6.37. The van der Waals surface area contributed by atoms with Crippen LogP contribution in [0.5, 0.6) is 0 Å². The largest absolute Gasteiger partial charge is 0.310 e. The van der Waals surface area contributed by atoms with E-state index in [1.54, 1.807) is 0 Å². The SMILES string of the molecule is CC(C)NCc1snnc1-c1ccc(Br)cc1Cl. The van der Waals surface area contributed by atoms with Gasteiger partial charge in [-0.05, 0) is 23.7 Å². The molecular weight excluding hydrogens is 334 g/mol. The van der Waals surface area contributed by atoms with E-state index in [4.69, 9.17) is 11.6 Å².